The third-order valence-electron chi connectivity index (χ3n) is 4.94. The molecule has 5 heteroatoms. The molecule has 0 spiro atoms. The number of nitrogens with one attached hydrogen (secondary N) is 1. The van der Waals surface area contributed by atoms with Gasteiger partial charge >= 0.3 is 0 Å². The highest BCUT2D eigenvalue weighted by Crippen LogP contribution is 2.42. The van der Waals surface area contributed by atoms with Crippen molar-refractivity contribution in [1.82, 2.24) is 10.2 Å². The number of carbonyl (C=O) groups excluding carboxylic acids is 1. The zero-order valence-electron chi connectivity index (χ0n) is 13.1. The van der Waals surface area contributed by atoms with Gasteiger partial charge in [-0.15, -0.1) is 0 Å². The number of likely N-dealkylation sites (N-methyl/N-ethyl adjacent to an activating group) is 1. The van der Waals surface area contributed by atoms with Crippen LogP contribution in [0.5, 0.6) is 0 Å². The predicted molar refractivity (Wildman–Crippen MR) is 81.8 cm³/mol. The van der Waals surface area contributed by atoms with Crippen LogP contribution >= 0.6 is 0 Å². The van der Waals surface area contributed by atoms with Gasteiger partial charge in [-0.25, -0.2) is 0 Å². The molecule has 3 fully saturated rings. The summed E-state index contributed by atoms with van der Waals surface area (Å²) in [6.07, 6.45) is 7.25. The average molecular weight is 295 g/mol. The van der Waals surface area contributed by atoms with Crippen LogP contribution in [0.15, 0.2) is 0 Å². The Morgan fingerprint density at radius 2 is 2.00 bits per heavy atom. The number of rotatable bonds is 11. The van der Waals surface area contributed by atoms with E-state index in [1.807, 2.05) is 0 Å². The summed E-state index contributed by atoms with van der Waals surface area (Å²) in [7, 11) is 2.06. The standard InChI is InChI=1S/C16H29N3O2/c1-19(8-9-21-10-12-2-3-12)11-16(15(17)20,13-4-5-13)18-14-6-7-14/h12-14,18H,2-11H2,1H3,(H2,17,20). The molecule has 0 bridgehead atoms. The van der Waals surface area contributed by atoms with Gasteiger partial charge in [0.25, 0.3) is 0 Å². The molecule has 120 valence electrons. The van der Waals surface area contributed by atoms with Gasteiger partial charge in [0.15, 0.2) is 0 Å². The van der Waals surface area contributed by atoms with Crippen molar-refractivity contribution < 1.29 is 9.53 Å². The second-order valence-corrected chi connectivity index (χ2v) is 7.28. The van der Waals surface area contributed by atoms with Crippen molar-refractivity contribution in [3.05, 3.63) is 0 Å². The Bertz CT molecular complexity index is 378. The number of ether oxygens (including phenoxy) is 1. The first-order valence-corrected chi connectivity index (χ1v) is 8.44. The van der Waals surface area contributed by atoms with Crippen molar-refractivity contribution in [3.8, 4) is 0 Å². The molecule has 5 nitrogen and oxygen atoms in total. The van der Waals surface area contributed by atoms with Crippen LogP contribution in [0, 0.1) is 11.8 Å². The first-order chi connectivity index (χ1) is 10.1. The summed E-state index contributed by atoms with van der Waals surface area (Å²) in [5.41, 5.74) is 5.26. The molecule has 3 rings (SSSR count). The minimum absolute atomic E-state index is 0.178. The van der Waals surface area contributed by atoms with E-state index in [1.165, 1.54) is 25.7 Å². The maximum Gasteiger partial charge on any atom is 0.239 e. The number of primary amides is 1. The van der Waals surface area contributed by atoms with Crippen LogP contribution in [0.2, 0.25) is 0 Å². The lowest BCUT2D eigenvalue weighted by molar-refractivity contribution is -0.126. The van der Waals surface area contributed by atoms with E-state index < -0.39 is 5.54 Å². The molecule has 0 saturated heterocycles. The minimum atomic E-state index is -0.521. The number of hydrogen-bond donors (Lipinski definition) is 2. The van der Waals surface area contributed by atoms with Crippen LogP contribution in [0.4, 0.5) is 0 Å². The van der Waals surface area contributed by atoms with Gasteiger partial charge in [-0.3, -0.25) is 10.1 Å². The zero-order valence-corrected chi connectivity index (χ0v) is 13.1. The molecule has 3 saturated carbocycles. The highest BCUT2D eigenvalue weighted by Gasteiger charge is 2.52. The summed E-state index contributed by atoms with van der Waals surface area (Å²) in [6.45, 7) is 3.21. The molecule has 0 heterocycles. The molecular weight excluding hydrogens is 266 g/mol. The van der Waals surface area contributed by atoms with Crippen molar-refractivity contribution >= 4 is 5.91 Å². The molecule has 0 aromatic rings. The Morgan fingerprint density at radius 1 is 1.29 bits per heavy atom. The topological polar surface area (TPSA) is 67.6 Å². The molecule has 1 atom stereocenters. The van der Waals surface area contributed by atoms with Gasteiger partial charge < -0.3 is 15.4 Å². The average Bonchev–Trinajstić information content (AvgIpc) is 3.24. The molecular formula is C16H29N3O2. The number of amides is 1. The van der Waals surface area contributed by atoms with Gasteiger partial charge in [0, 0.05) is 25.7 Å². The lowest BCUT2D eigenvalue weighted by Gasteiger charge is -2.36. The van der Waals surface area contributed by atoms with Crippen LogP contribution in [0.1, 0.15) is 38.5 Å². The normalized spacial score (nSPS) is 25.0. The lowest BCUT2D eigenvalue weighted by Crippen LogP contribution is -2.63. The minimum Gasteiger partial charge on any atom is -0.380 e. The fraction of sp³-hybridized carbons (Fsp3) is 0.938. The van der Waals surface area contributed by atoms with Crippen molar-refractivity contribution in [3.63, 3.8) is 0 Å². The van der Waals surface area contributed by atoms with Gasteiger partial charge in [0.2, 0.25) is 5.91 Å². The van der Waals surface area contributed by atoms with Crippen LogP contribution in [-0.2, 0) is 9.53 Å². The highest BCUT2D eigenvalue weighted by molar-refractivity contribution is 5.86. The van der Waals surface area contributed by atoms with Crippen molar-refractivity contribution in [2.45, 2.75) is 50.1 Å². The molecule has 1 unspecified atom stereocenters. The van der Waals surface area contributed by atoms with Gasteiger partial charge in [0.1, 0.15) is 5.54 Å². The number of carbonyl (C=O) groups is 1. The SMILES string of the molecule is CN(CCOCC1CC1)CC(NC1CC1)(C(N)=O)C1CC1. The quantitative estimate of drug-likeness (QED) is 0.552. The number of nitrogens with two attached hydrogens (primary N) is 1. The highest BCUT2D eigenvalue weighted by atomic mass is 16.5. The van der Waals surface area contributed by atoms with E-state index in [9.17, 15) is 4.79 Å². The number of hydrogen-bond acceptors (Lipinski definition) is 4. The van der Waals surface area contributed by atoms with Crippen molar-refractivity contribution in [2.75, 3.05) is 33.4 Å². The molecule has 0 radical (unpaired) electrons. The van der Waals surface area contributed by atoms with Crippen LogP contribution in [-0.4, -0.2) is 55.7 Å². The van der Waals surface area contributed by atoms with Crippen LogP contribution in [0.25, 0.3) is 0 Å². The Balaban J connectivity index is 1.48. The van der Waals surface area contributed by atoms with E-state index in [2.05, 4.69) is 17.3 Å². The van der Waals surface area contributed by atoms with E-state index in [-0.39, 0.29) is 5.91 Å². The summed E-state index contributed by atoms with van der Waals surface area (Å²) >= 11 is 0. The molecule has 1 amide bonds. The zero-order chi connectivity index (χ0) is 14.9. The Morgan fingerprint density at radius 3 is 2.52 bits per heavy atom. The summed E-state index contributed by atoms with van der Waals surface area (Å²) in [6, 6.07) is 0.498. The predicted octanol–water partition coefficient (Wildman–Crippen LogP) is 0.731. The van der Waals surface area contributed by atoms with E-state index in [1.54, 1.807) is 0 Å². The van der Waals surface area contributed by atoms with Gasteiger partial charge in [0.05, 0.1) is 6.61 Å². The molecule has 0 aromatic heterocycles. The Hall–Kier alpha value is -0.650. The van der Waals surface area contributed by atoms with Crippen molar-refractivity contribution in [2.24, 2.45) is 17.6 Å². The summed E-state index contributed by atoms with van der Waals surface area (Å²) in [4.78, 5) is 14.3. The molecule has 21 heavy (non-hydrogen) atoms. The molecule has 3 N–H and O–H groups in total. The molecule has 0 aromatic carbocycles. The van der Waals surface area contributed by atoms with Gasteiger partial charge in [-0.05, 0) is 57.4 Å². The van der Waals surface area contributed by atoms with E-state index >= 15 is 0 Å². The second kappa shape index (κ2) is 6.23. The van der Waals surface area contributed by atoms with E-state index in [0.29, 0.717) is 18.5 Å². The third kappa shape index (κ3) is 4.18. The van der Waals surface area contributed by atoms with Gasteiger partial charge in [-0.1, -0.05) is 0 Å². The van der Waals surface area contributed by atoms with E-state index in [0.717, 1.165) is 38.5 Å². The monoisotopic (exact) mass is 295 g/mol. The van der Waals surface area contributed by atoms with Crippen LogP contribution in [0.3, 0.4) is 0 Å². The first-order valence-electron chi connectivity index (χ1n) is 8.44. The maximum atomic E-state index is 12.1. The van der Waals surface area contributed by atoms with Gasteiger partial charge in [-0.2, -0.15) is 0 Å². The second-order valence-electron chi connectivity index (χ2n) is 7.28. The molecule has 0 aliphatic heterocycles. The largest absolute Gasteiger partial charge is 0.380 e. The van der Waals surface area contributed by atoms with Crippen LogP contribution < -0.4 is 11.1 Å². The Labute approximate surface area is 127 Å². The lowest BCUT2D eigenvalue weighted by atomic mass is 9.91. The third-order valence-corrected chi connectivity index (χ3v) is 4.94. The fourth-order valence-corrected chi connectivity index (χ4v) is 3.07. The first kappa shape index (κ1) is 15.3. The smallest absolute Gasteiger partial charge is 0.239 e. The summed E-state index contributed by atoms with van der Waals surface area (Å²) in [5, 5.41) is 3.56. The van der Waals surface area contributed by atoms with Crippen molar-refractivity contribution in [1.29, 1.82) is 0 Å². The van der Waals surface area contributed by atoms with E-state index in [4.69, 9.17) is 10.5 Å². The number of nitrogens with zero attached hydrogens (tertiary/aromatic N) is 1. The summed E-state index contributed by atoms with van der Waals surface area (Å²) in [5.74, 6) is 1.05. The maximum absolute atomic E-state index is 12.1. The fourth-order valence-electron chi connectivity index (χ4n) is 3.07. The Kier molecular flexibility index (Phi) is 4.52. The molecule has 3 aliphatic rings. The molecule has 3 aliphatic carbocycles. The summed E-state index contributed by atoms with van der Waals surface area (Å²) < 4.78 is 5.69.